The second kappa shape index (κ2) is 9.41. The number of likely N-dealkylation sites (tertiary alicyclic amines) is 1. The lowest BCUT2D eigenvalue weighted by Crippen LogP contribution is -2.42. The van der Waals surface area contributed by atoms with Gasteiger partial charge in [0.1, 0.15) is 5.69 Å². The second-order valence-electron chi connectivity index (χ2n) is 8.54. The van der Waals surface area contributed by atoms with E-state index in [2.05, 4.69) is 24.7 Å². The first-order chi connectivity index (χ1) is 16.4. The van der Waals surface area contributed by atoms with E-state index in [0.29, 0.717) is 54.8 Å². The Kier molecular flexibility index (Phi) is 6.34. The molecule has 0 spiro atoms. The molecule has 2 aromatic heterocycles. The minimum atomic E-state index is -3.36. The quantitative estimate of drug-likeness (QED) is 0.587. The molecule has 1 saturated carbocycles. The molecular weight excluding hydrogens is 476 g/mol. The summed E-state index contributed by atoms with van der Waals surface area (Å²) in [7, 11) is -3.36. The first kappa shape index (κ1) is 22.9. The number of nitrogens with one attached hydrogen (secondary N) is 1. The van der Waals surface area contributed by atoms with E-state index in [0.717, 1.165) is 17.7 Å². The number of hydrogen-bond donors (Lipinski definition) is 1. The van der Waals surface area contributed by atoms with Gasteiger partial charge in [-0.25, -0.2) is 18.4 Å². The number of hydrogen-bond acceptors (Lipinski definition) is 9. The molecule has 34 heavy (non-hydrogen) atoms. The predicted octanol–water partition coefficient (Wildman–Crippen LogP) is 2.27. The molecule has 1 aliphatic carbocycles. The zero-order chi connectivity index (χ0) is 23.7. The molecule has 4 heterocycles. The lowest BCUT2D eigenvalue weighted by Gasteiger charge is -2.30. The Labute approximate surface area is 202 Å². The number of ether oxygens (including phenoxy) is 1. The summed E-state index contributed by atoms with van der Waals surface area (Å²) in [5.74, 6) is 0.246. The molecule has 5 rings (SSSR count). The molecule has 3 aliphatic rings. The van der Waals surface area contributed by atoms with Crippen molar-refractivity contribution in [3.8, 4) is 16.5 Å². The van der Waals surface area contributed by atoms with Gasteiger partial charge in [0.25, 0.3) is 5.91 Å². The van der Waals surface area contributed by atoms with Gasteiger partial charge in [-0.2, -0.15) is 0 Å². The molecule has 1 N–H and O–H groups in total. The minimum Gasteiger partial charge on any atom is -0.477 e. The minimum absolute atomic E-state index is 0.0541. The zero-order valence-electron chi connectivity index (χ0n) is 18.8. The van der Waals surface area contributed by atoms with E-state index < -0.39 is 10.0 Å². The maximum Gasteiger partial charge on any atom is 0.283 e. The zero-order valence-corrected chi connectivity index (χ0v) is 20.4. The number of aromatic nitrogens is 3. The lowest BCUT2D eigenvalue weighted by atomic mass is 9.95. The number of aliphatic imine (C=N–C) groups is 1. The lowest BCUT2D eigenvalue weighted by molar-refractivity contribution is 0.0707. The SMILES string of the molecule is CCOc1cncc(-c2cnc(C(=O)N3CCC[C@H]3C3C=C(NS(=O)(=O)C4CC4)C=NC3)s2)n1. The molecule has 2 atom stereocenters. The Balaban J connectivity index is 1.31. The molecule has 1 amide bonds. The van der Waals surface area contributed by atoms with Gasteiger partial charge in [-0.3, -0.25) is 19.5 Å². The molecular formula is C22H26N6O4S2. The fourth-order valence-corrected chi connectivity index (χ4v) is 6.51. The molecule has 180 valence electrons. The third kappa shape index (κ3) is 4.83. The Morgan fingerprint density at radius 3 is 2.91 bits per heavy atom. The first-order valence-corrected chi connectivity index (χ1v) is 13.8. The van der Waals surface area contributed by atoms with Crippen LogP contribution in [0.3, 0.4) is 0 Å². The van der Waals surface area contributed by atoms with Gasteiger partial charge < -0.3 is 9.64 Å². The van der Waals surface area contributed by atoms with Crippen molar-refractivity contribution in [3.05, 3.63) is 35.4 Å². The molecule has 2 aliphatic heterocycles. The second-order valence-corrected chi connectivity index (χ2v) is 11.5. The van der Waals surface area contributed by atoms with Crippen LogP contribution < -0.4 is 9.46 Å². The van der Waals surface area contributed by atoms with Crippen molar-refractivity contribution in [1.82, 2.24) is 24.6 Å². The number of allylic oxidation sites excluding steroid dienone is 1. The summed E-state index contributed by atoms with van der Waals surface area (Å²) in [6.07, 6.45) is 11.4. The highest BCUT2D eigenvalue weighted by molar-refractivity contribution is 7.90. The number of carbonyl (C=O) groups excluding carboxylic acids is 1. The Bertz CT molecular complexity index is 1240. The van der Waals surface area contributed by atoms with Gasteiger partial charge in [-0.15, -0.1) is 11.3 Å². The third-order valence-corrected chi connectivity index (χ3v) is 8.94. The van der Waals surface area contributed by atoms with E-state index in [-0.39, 0.29) is 23.1 Å². The molecule has 1 saturated heterocycles. The highest BCUT2D eigenvalue weighted by Gasteiger charge is 2.38. The maximum atomic E-state index is 13.4. The van der Waals surface area contributed by atoms with Gasteiger partial charge in [0.15, 0.2) is 5.01 Å². The van der Waals surface area contributed by atoms with Gasteiger partial charge in [0.05, 0.1) is 34.8 Å². The van der Waals surface area contributed by atoms with Gasteiger partial charge in [-0.05, 0) is 32.6 Å². The van der Waals surface area contributed by atoms with Crippen molar-refractivity contribution >= 4 is 33.5 Å². The average molecular weight is 503 g/mol. The smallest absolute Gasteiger partial charge is 0.283 e. The first-order valence-electron chi connectivity index (χ1n) is 11.4. The molecule has 12 heteroatoms. The van der Waals surface area contributed by atoms with E-state index in [1.807, 2.05) is 17.9 Å². The van der Waals surface area contributed by atoms with Gasteiger partial charge in [0.2, 0.25) is 15.9 Å². The monoisotopic (exact) mass is 502 g/mol. The van der Waals surface area contributed by atoms with E-state index in [9.17, 15) is 13.2 Å². The summed E-state index contributed by atoms with van der Waals surface area (Å²) in [4.78, 5) is 33.3. The number of dihydropyridines is 1. The molecule has 10 nitrogen and oxygen atoms in total. The van der Waals surface area contributed by atoms with Crippen molar-refractivity contribution in [2.75, 3.05) is 19.7 Å². The van der Waals surface area contributed by atoms with Crippen LogP contribution in [0.25, 0.3) is 10.6 Å². The highest BCUT2D eigenvalue weighted by Crippen LogP contribution is 2.32. The average Bonchev–Trinajstić information content (AvgIpc) is 3.39. The van der Waals surface area contributed by atoms with Gasteiger partial charge in [-0.1, -0.05) is 6.08 Å². The van der Waals surface area contributed by atoms with Crippen LogP contribution in [0.2, 0.25) is 0 Å². The normalized spacial score (nSPS) is 22.5. The van der Waals surface area contributed by atoms with Crippen molar-refractivity contribution < 1.29 is 17.9 Å². The van der Waals surface area contributed by atoms with Crippen LogP contribution in [0.5, 0.6) is 5.88 Å². The Morgan fingerprint density at radius 2 is 2.12 bits per heavy atom. The molecule has 0 aromatic carbocycles. The van der Waals surface area contributed by atoms with Crippen molar-refractivity contribution in [2.24, 2.45) is 10.9 Å². The van der Waals surface area contributed by atoms with Crippen LogP contribution in [-0.4, -0.2) is 71.4 Å². The number of amides is 1. The molecule has 2 fully saturated rings. The van der Waals surface area contributed by atoms with Crippen molar-refractivity contribution in [1.29, 1.82) is 0 Å². The highest BCUT2D eigenvalue weighted by atomic mass is 32.2. The molecule has 0 bridgehead atoms. The summed E-state index contributed by atoms with van der Waals surface area (Å²) in [6.45, 7) is 3.52. The number of carbonyl (C=O) groups is 1. The van der Waals surface area contributed by atoms with Crippen molar-refractivity contribution in [2.45, 2.75) is 43.9 Å². The number of nitrogens with zero attached hydrogens (tertiary/aromatic N) is 5. The fraction of sp³-hybridized carbons (Fsp3) is 0.500. The van der Waals surface area contributed by atoms with Crippen LogP contribution >= 0.6 is 11.3 Å². The number of sulfonamides is 1. The van der Waals surface area contributed by atoms with E-state index in [4.69, 9.17) is 4.74 Å². The van der Waals surface area contributed by atoms with E-state index in [1.165, 1.54) is 11.3 Å². The van der Waals surface area contributed by atoms with Crippen LogP contribution in [-0.2, 0) is 10.0 Å². The van der Waals surface area contributed by atoms with E-state index in [1.54, 1.807) is 24.8 Å². The summed E-state index contributed by atoms with van der Waals surface area (Å²) in [5, 5.41) is 0.0909. The van der Waals surface area contributed by atoms with Crippen molar-refractivity contribution in [3.63, 3.8) is 0 Å². The fourth-order valence-electron chi connectivity index (χ4n) is 4.31. The Morgan fingerprint density at radius 1 is 1.26 bits per heavy atom. The standard InChI is InChI=1S/C22H26N6O4S2/c1-2-32-20-13-24-11-17(26-20)19-12-25-21(33-19)22(29)28-7-3-4-18(28)14-8-15(10-23-9-14)27-34(30,31)16-5-6-16/h8,10-14,16,18,27H,2-7,9H2,1H3/t14?,18-/m0/s1. The van der Waals surface area contributed by atoms with Crippen LogP contribution in [0.15, 0.2) is 35.4 Å². The summed E-state index contributed by atoms with van der Waals surface area (Å²) >= 11 is 1.28. The van der Waals surface area contributed by atoms with Crippen LogP contribution in [0, 0.1) is 5.92 Å². The topological polar surface area (TPSA) is 127 Å². The summed E-state index contributed by atoms with van der Waals surface area (Å²) < 4.78 is 32.7. The summed E-state index contributed by atoms with van der Waals surface area (Å²) in [6, 6.07) is -0.0567. The van der Waals surface area contributed by atoms with Gasteiger partial charge >= 0.3 is 0 Å². The number of thiazole rings is 1. The van der Waals surface area contributed by atoms with Crippen LogP contribution in [0.1, 0.15) is 42.4 Å². The van der Waals surface area contributed by atoms with Gasteiger partial charge in [0, 0.05) is 37.5 Å². The Hall–Kier alpha value is -2.86. The van der Waals surface area contributed by atoms with Crippen LogP contribution in [0.4, 0.5) is 0 Å². The molecule has 2 aromatic rings. The van der Waals surface area contributed by atoms with E-state index >= 15 is 0 Å². The number of rotatable bonds is 8. The summed E-state index contributed by atoms with van der Waals surface area (Å²) in [5.41, 5.74) is 1.10. The molecule has 0 radical (unpaired) electrons. The largest absolute Gasteiger partial charge is 0.477 e. The maximum absolute atomic E-state index is 13.4. The molecule has 1 unspecified atom stereocenters. The predicted molar refractivity (Wildman–Crippen MR) is 128 cm³/mol. The third-order valence-electron chi connectivity index (χ3n) is 6.06.